The highest BCUT2D eigenvalue weighted by Gasteiger charge is 2.11. The Balaban J connectivity index is 2.54. The molecule has 0 radical (unpaired) electrons. The molecule has 5 nitrogen and oxygen atoms in total. The second-order valence-corrected chi connectivity index (χ2v) is 4.49. The number of anilines is 1. The van der Waals surface area contributed by atoms with E-state index in [0.717, 1.165) is 6.42 Å². The zero-order chi connectivity index (χ0) is 12.8. The van der Waals surface area contributed by atoms with E-state index >= 15 is 0 Å². The fraction of sp³-hybridized carbons (Fsp3) is 0.500. The van der Waals surface area contributed by atoms with Crippen LogP contribution in [0.2, 0.25) is 10.2 Å². The number of nitrogens with one attached hydrogen (secondary N) is 1. The Bertz CT molecular complexity index is 400. The second kappa shape index (κ2) is 6.74. The van der Waals surface area contributed by atoms with Crippen molar-refractivity contribution in [2.45, 2.75) is 19.8 Å². The first-order chi connectivity index (χ1) is 8.04. The van der Waals surface area contributed by atoms with Crippen LogP contribution in [-0.4, -0.2) is 22.4 Å². The molecule has 1 atom stereocenters. The van der Waals surface area contributed by atoms with E-state index in [1.54, 1.807) is 0 Å². The van der Waals surface area contributed by atoms with Crippen molar-refractivity contribution in [2.24, 2.45) is 11.7 Å². The van der Waals surface area contributed by atoms with Gasteiger partial charge in [-0.3, -0.25) is 4.79 Å². The van der Waals surface area contributed by atoms with Crippen LogP contribution in [0.4, 0.5) is 5.82 Å². The van der Waals surface area contributed by atoms with Crippen molar-refractivity contribution in [3.63, 3.8) is 0 Å². The topological polar surface area (TPSA) is 80.9 Å². The number of nitrogens with zero attached hydrogens (tertiary/aromatic N) is 2. The minimum atomic E-state index is -0.165. The molecule has 0 fully saturated rings. The lowest BCUT2D eigenvalue weighted by Gasteiger charge is -2.09. The summed E-state index contributed by atoms with van der Waals surface area (Å²) in [5.74, 6) is 0.379. The van der Waals surface area contributed by atoms with Gasteiger partial charge in [0, 0.05) is 6.42 Å². The van der Waals surface area contributed by atoms with Gasteiger partial charge in [-0.2, -0.15) is 0 Å². The van der Waals surface area contributed by atoms with E-state index in [9.17, 15) is 4.79 Å². The summed E-state index contributed by atoms with van der Waals surface area (Å²) in [7, 11) is 0. The minimum Gasteiger partial charge on any atom is -0.330 e. The summed E-state index contributed by atoms with van der Waals surface area (Å²) in [6.45, 7) is 2.55. The molecule has 3 N–H and O–H groups in total. The van der Waals surface area contributed by atoms with Crippen LogP contribution in [-0.2, 0) is 4.79 Å². The van der Waals surface area contributed by atoms with Gasteiger partial charge in [-0.1, -0.05) is 30.1 Å². The van der Waals surface area contributed by atoms with E-state index in [-0.39, 0.29) is 21.9 Å². The van der Waals surface area contributed by atoms with Crippen LogP contribution in [0.3, 0.4) is 0 Å². The SMILES string of the molecule is CC(CN)CCC(=O)Nc1ncnc(Cl)c1Cl. The molecule has 0 bridgehead atoms. The average Bonchev–Trinajstić information content (AvgIpc) is 2.32. The molecule has 7 heteroatoms. The molecule has 0 saturated carbocycles. The Morgan fingerprint density at radius 1 is 1.53 bits per heavy atom. The van der Waals surface area contributed by atoms with Crippen molar-refractivity contribution in [1.82, 2.24) is 9.97 Å². The number of nitrogens with two attached hydrogens (primary N) is 1. The average molecular weight is 277 g/mol. The van der Waals surface area contributed by atoms with E-state index in [1.807, 2.05) is 6.92 Å². The first-order valence-corrected chi connectivity index (χ1v) is 5.96. The van der Waals surface area contributed by atoms with Crippen LogP contribution in [0.1, 0.15) is 19.8 Å². The molecule has 0 aliphatic carbocycles. The fourth-order valence-electron chi connectivity index (χ4n) is 1.13. The third kappa shape index (κ3) is 4.46. The summed E-state index contributed by atoms with van der Waals surface area (Å²) in [6.07, 6.45) is 2.33. The Morgan fingerprint density at radius 2 is 2.24 bits per heavy atom. The summed E-state index contributed by atoms with van der Waals surface area (Å²) in [5.41, 5.74) is 5.46. The van der Waals surface area contributed by atoms with Gasteiger partial charge < -0.3 is 11.1 Å². The van der Waals surface area contributed by atoms with Gasteiger partial charge in [0.1, 0.15) is 11.3 Å². The van der Waals surface area contributed by atoms with Crippen LogP contribution in [0.25, 0.3) is 0 Å². The van der Waals surface area contributed by atoms with Crippen LogP contribution in [0.15, 0.2) is 6.33 Å². The number of amides is 1. The maximum atomic E-state index is 11.6. The molecular weight excluding hydrogens is 263 g/mol. The van der Waals surface area contributed by atoms with E-state index in [1.165, 1.54) is 6.33 Å². The quantitative estimate of drug-likeness (QED) is 0.807. The maximum absolute atomic E-state index is 11.6. The van der Waals surface area contributed by atoms with E-state index in [4.69, 9.17) is 28.9 Å². The van der Waals surface area contributed by atoms with Gasteiger partial charge in [0.25, 0.3) is 0 Å². The molecule has 0 saturated heterocycles. The Hall–Kier alpha value is -0.910. The number of hydrogen-bond acceptors (Lipinski definition) is 4. The first kappa shape index (κ1) is 14.2. The molecule has 17 heavy (non-hydrogen) atoms. The summed E-state index contributed by atoms with van der Waals surface area (Å²) >= 11 is 11.5. The molecule has 1 aromatic heterocycles. The molecule has 1 unspecified atom stereocenters. The molecule has 0 aliphatic rings. The smallest absolute Gasteiger partial charge is 0.225 e. The highest BCUT2D eigenvalue weighted by Crippen LogP contribution is 2.25. The Labute approximate surface area is 110 Å². The lowest BCUT2D eigenvalue weighted by molar-refractivity contribution is -0.116. The molecule has 1 rings (SSSR count). The first-order valence-electron chi connectivity index (χ1n) is 5.20. The molecule has 94 valence electrons. The predicted molar refractivity (Wildman–Crippen MR) is 68.1 cm³/mol. The molecular formula is C10H14Cl2N4O. The number of halogens is 2. The molecule has 1 heterocycles. The van der Waals surface area contributed by atoms with Crippen molar-refractivity contribution in [2.75, 3.05) is 11.9 Å². The Morgan fingerprint density at radius 3 is 2.88 bits per heavy atom. The van der Waals surface area contributed by atoms with Gasteiger partial charge >= 0.3 is 0 Å². The third-order valence-corrected chi connectivity index (χ3v) is 3.01. The van der Waals surface area contributed by atoms with Crippen molar-refractivity contribution in [3.8, 4) is 0 Å². The zero-order valence-corrected chi connectivity index (χ0v) is 10.9. The van der Waals surface area contributed by atoms with Crippen LogP contribution in [0, 0.1) is 5.92 Å². The lowest BCUT2D eigenvalue weighted by Crippen LogP contribution is -2.17. The molecule has 1 aromatic rings. The fourth-order valence-corrected chi connectivity index (χ4v) is 1.40. The number of carbonyl (C=O) groups excluding carboxylic acids is 1. The normalized spacial score (nSPS) is 12.2. The monoisotopic (exact) mass is 276 g/mol. The van der Waals surface area contributed by atoms with Crippen molar-refractivity contribution in [1.29, 1.82) is 0 Å². The standard InChI is InChI=1S/C10H14Cl2N4O/c1-6(4-13)2-3-7(17)16-10-8(11)9(12)14-5-15-10/h5-6H,2-4,13H2,1H3,(H,14,15,16,17). The third-order valence-electron chi connectivity index (χ3n) is 2.27. The van der Waals surface area contributed by atoms with E-state index in [0.29, 0.717) is 18.9 Å². The summed E-state index contributed by atoms with van der Waals surface area (Å²) in [4.78, 5) is 19.1. The number of aromatic nitrogens is 2. The highest BCUT2D eigenvalue weighted by molar-refractivity contribution is 6.42. The van der Waals surface area contributed by atoms with Crippen molar-refractivity contribution in [3.05, 3.63) is 16.5 Å². The zero-order valence-electron chi connectivity index (χ0n) is 9.41. The molecule has 1 amide bonds. The van der Waals surface area contributed by atoms with Gasteiger partial charge in [0.05, 0.1) is 0 Å². The van der Waals surface area contributed by atoms with Crippen molar-refractivity contribution >= 4 is 34.9 Å². The van der Waals surface area contributed by atoms with Crippen LogP contribution >= 0.6 is 23.2 Å². The summed E-state index contributed by atoms with van der Waals surface area (Å²) in [6, 6.07) is 0. The van der Waals surface area contributed by atoms with Gasteiger partial charge in [0.15, 0.2) is 11.0 Å². The number of carbonyl (C=O) groups is 1. The summed E-state index contributed by atoms with van der Waals surface area (Å²) < 4.78 is 0. The Kier molecular flexibility index (Phi) is 5.61. The van der Waals surface area contributed by atoms with E-state index in [2.05, 4.69) is 15.3 Å². The van der Waals surface area contributed by atoms with Crippen LogP contribution in [0.5, 0.6) is 0 Å². The highest BCUT2D eigenvalue weighted by atomic mass is 35.5. The number of hydrogen-bond donors (Lipinski definition) is 2. The second-order valence-electron chi connectivity index (χ2n) is 3.75. The van der Waals surface area contributed by atoms with E-state index < -0.39 is 0 Å². The van der Waals surface area contributed by atoms with Crippen molar-refractivity contribution < 1.29 is 4.79 Å². The summed E-state index contributed by atoms with van der Waals surface area (Å²) in [5, 5.41) is 2.85. The number of rotatable bonds is 5. The molecule has 0 aliphatic heterocycles. The van der Waals surface area contributed by atoms with Gasteiger partial charge in [-0.05, 0) is 18.9 Å². The van der Waals surface area contributed by atoms with Crippen LogP contribution < -0.4 is 11.1 Å². The largest absolute Gasteiger partial charge is 0.330 e. The minimum absolute atomic E-state index is 0.118. The van der Waals surface area contributed by atoms with Gasteiger partial charge in [0.2, 0.25) is 5.91 Å². The maximum Gasteiger partial charge on any atom is 0.225 e. The molecule has 0 aromatic carbocycles. The lowest BCUT2D eigenvalue weighted by atomic mass is 10.1. The molecule has 0 spiro atoms. The predicted octanol–water partition coefficient (Wildman–Crippen LogP) is 2.10. The van der Waals surface area contributed by atoms with Gasteiger partial charge in [-0.15, -0.1) is 0 Å². The van der Waals surface area contributed by atoms with Gasteiger partial charge in [-0.25, -0.2) is 9.97 Å².